The van der Waals surface area contributed by atoms with E-state index in [2.05, 4.69) is 98.9 Å². The van der Waals surface area contributed by atoms with Gasteiger partial charge in [-0.05, 0) is 47.1 Å². The van der Waals surface area contributed by atoms with Crippen molar-refractivity contribution < 1.29 is 9.59 Å². The first-order valence-corrected chi connectivity index (χ1v) is 15.1. The van der Waals surface area contributed by atoms with Crippen LogP contribution in [0.3, 0.4) is 0 Å². The topological polar surface area (TPSA) is 55.9 Å². The summed E-state index contributed by atoms with van der Waals surface area (Å²) < 4.78 is 0. The van der Waals surface area contributed by atoms with Gasteiger partial charge in [-0.2, -0.15) is 12.6 Å². The van der Waals surface area contributed by atoms with E-state index in [0.717, 1.165) is 19.6 Å². The highest BCUT2D eigenvalue weighted by Gasteiger charge is 2.44. The molecule has 6 nitrogen and oxygen atoms in total. The van der Waals surface area contributed by atoms with Gasteiger partial charge in [0.25, 0.3) is 0 Å². The minimum atomic E-state index is -0.304. The fourth-order valence-corrected chi connectivity index (χ4v) is 8.02. The van der Waals surface area contributed by atoms with Crippen LogP contribution in [0.4, 0.5) is 0 Å². The highest BCUT2D eigenvalue weighted by atomic mass is 32.1. The van der Waals surface area contributed by atoms with Crippen molar-refractivity contribution in [1.29, 1.82) is 0 Å². The Hall–Kier alpha value is -2.97. The lowest BCUT2D eigenvalue weighted by atomic mass is 9.94. The van der Waals surface area contributed by atoms with Crippen LogP contribution in [0.2, 0.25) is 0 Å². The molecule has 1 N–H and O–H groups in total. The van der Waals surface area contributed by atoms with Gasteiger partial charge in [-0.1, -0.05) is 78.9 Å². The predicted octanol–water partition coefficient (Wildman–Crippen LogP) is 4.67. The van der Waals surface area contributed by atoms with Crippen molar-refractivity contribution >= 4 is 24.4 Å². The summed E-state index contributed by atoms with van der Waals surface area (Å²) in [6.45, 7) is 3.77. The molecule has 2 bridgehead atoms. The van der Waals surface area contributed by atoms with Gasteiger partial charge >= 0.3 is 0 Å². The highest BCUT2D eigenvalue weighted by Crippen LogP contribution is 2.42. The SMILES string of the molecule is O=C1CCC(N2Cc3cc(CN4CC5CCC(C4)N5C(c4ccccc4)c4ccccc4)ccc3C2S)C(=O)N1. The predicted molar refractivity (Wildman–Crippen MR) is 159 cm³/mol. The zero-order chi connectivity index (χ0) is 27.2. The number of nitrogens with one attached hydrogen (secondary N) is 1. The number of rotatable bonds is 6. The summed E-state index contributed by atoms with van der Waals surface area (Å²) in [5.74, 6) is -0.370. The van der Waals surface area contributed by atoms with Crippen LogP contribution in [0, 0.1) is 0 Å². The van der Waals surface area contributed by atoms with Crippen LogP contribution in [0.1, 0.15) is 64.9 Å². The fourth-order valence-electron chi connectivity index (χ4n) is 7.53. The number of amides is 2. The molecule has 206 valence electrons. The molecule has 0 spiro atoms. The number of piperazine rings is 1. The zero-order valence-electron chi connectivity index (χ0n) is 22.7. The van der Waals surface area contributed by atoms with Crippen LogP contribution < -0.4 is 5.32 Å². The number of thiol groups is 1. The van der Waals surface area contributed by atoms with Gasteiger partial charge in [0, 0.05) is 44.7 Å². The average molecular weight is 553 g/mol. The number of hydrogen-bond donors (Lipinski definition) is 2. The summed E-state index contributed by atoms with van der Waals surface area (Å²) in [5.41, 5.74) is 6.49. The van der Waals surface area contributed by atoms with Gasteiger partial charge in [0.2, 0.25) is 11.8 Å². The monoisotopic (exact) mass is 552 g/mol. The van der Waals surface area contributed by atoms with E-state index in [1.807, 2.05) is 0 Å². The molecule has 7 heteroatoms. The molecule has 3 saturated heterocycles. The molecule has 3 fully saturated rings. The Balaban J connectivity index is 1.06. The second kappa shape index (κ2) is 10.8. The Labute approximate surface area is 241 Å². The second-order valence-corrected chi connectivity index (χ2v) is 12.3. The lowest BCUT2D eigenvalue weighted by Crippen LogP contribution is -2.54. The lowest BCUT2D eigenvalue weighted by molar-refractivity contribution is -0.137. The van der Waals surface area contributed by atoms with Crippen molar-refractivity contribution in [3.05, 3.63) is 107 Å². The standard InChI is InChI=1S/C33H36N4O2S/c38-30-16-15-29(32(39)34-30)36-19-25-17-22(11-14-28(25)33(36)40)18-35-20-26-12-13-27(21-35)37(26)31(23-7-3-1-4-8-23)24-9-5-2-6-10-24/h1-11,14,17,26-27,29,31,33,40H,12-13,15-16,18-21H2,(H,34,38,39). The van der Waals surface area contributed by atoms with E-state index in [-0.39, 0.29) is 29.3 Å². The van der Waals surface area contributed by atoms with Crippen LogP contribution >= 0.6 is 12.6 Å². The van der Waals surface area contributed by atoms with E-state index in [0.29, 0.717) is 31.5 Å². The Morgan fingerprint density at radius 2 is 1.50 bits per heavy atom. The van der Waals surface area contributed by atoms with E-state index in [9.17, 15) is 9.59 Å². The van der Waals surface area contributed by atoms with Gasteiger partial charge in [-0.25, -0.2) is 0 Å². The smallest absolute Gasteiger partial charge is 0.243 e. The Morgan fingerprint density at radius 1 is 0.850 bits per heavy atom. The maximum atomic E-state index is 12.5. The summed E-state index contributed by atoms with van der Waals surface area (Å²) in [6.07, 6.45) is 3.43. The molecule has 4 aliphatic rings. The molecule has 3 aromatic rings. The van der Waals surface area contributed by atoms with Gasteiger partial charge in [-0.15, -0.1) is 0 Å². The molecule has 3 aromatic carbocycles. The molecule has 0 radical (unpaired) electrons. The van der Waals surface area contributed by atoms with Crippen molar-refractivity contribution in [1.82, 2.24) is 20.0 Å². The first kappa shape index (κ1) is 26.0. The van der Waals surface area contributed by atoms with Gasteiger partial charge in [0.05, 0.1) is 17.5 Å². The van der Waals surface area contributed by atoms with Gasteiger partial charge in [0.1, 0.15) is 0 Å². The molecule has 0 saturated carbocycles. The van der Waals surface area contributed by atoms with E-state index >= 15 is 0 Å². The van der Waals surface area contributed by atoms with Crippen LogP contribution in [0.15, 0.2) is 78.9 Å². The minimum Gasteiger partial charge on any atom is -0.296 e. The lowest BCUT2D eigenvalue weighted by Gasteiger charge is -2.45. The molecule has 0 aromatic heterocycles. The first-order chi connectivity index (χ1) is 19.5. The minimum absolute atomic E-state index is 0.125. The first-order valence-electron chi connectivity index (χ1n) is 14.5. The number of benzene rings is 3. The third-order valence-electron chi connectivity index (χ3n) is 9.31. The summed E-state index contributed by atoms with van der Waals surface area (Å²) in [6, 6.07) is 29.8. The number of nitrogens with zero attached hydrogens (tertiary/aromatic N) is 3. The van der Waals surface area contributed by atoms with Crippen LogP contribution in [-0.4, -0.2) is 57.7 Å². The Morgan fingerprint density at radius 3 is 2.12 bits per heavy atom. The van der Waals surface area contributed by atoms with E-state index in [4.69, 9.17) is 12.6 Å². The van der Waals surface area contributed by atoms with E-state index in [1.165, 1.54) is 40.7 Å². The molecule has 40 heavy (non-hydrogen) atoms. The zero-order valence-corrected chi connectivity index (χ0v) is 23.5. The number of likely N-dealkylation sites (tertiary alicyclic amines) is 1. The maximum absolute atomic E-state index is 12.5. The van der Waals surface area contributed by atoms with Gasteiger partial charge in [-0.3, -0.25) is 29.6 Å². The third kappa shape index (κ3) is 4.79. The summed E-state index contributed by atoms with van der Waals surface area (Å²) in [7, 11) is 0. The average Bonchev–Trinajstić information content (AvgIpc) is 3.41. The highest BCUT2D eigenvalue weighted by molar-refractivity contribution is 7.80. The van der Waals surface area contributed by atoms with Crippen LogP contribution in [0.5, 0.6) is 0 Å². The Kier molecular flexibility index (Phi) is 7.00. The van der Waals surface area contributed by atoms with Crippen LogP contribution in [0.25, 0.3) is 0 Å². The number of carbonyl (C=O) groups is 2. The number of imide groups is 1. The van der Waals surface area contributed by atoms with Crippen molar-refractivity contribution in [3.8, 4) is 0 Å². The number of fused-ring (bicyclic) bond motifs is 3. The largest absolute Gasteiger partial charge is 0.296 e. The summed E-state index contributed by atoms with van der Waals surface area (Å²) in [5, 5.41) is 2.38. The van der Waals surface area contributed by atoms with E-state index in [1.54, 1.807) is 0 Å². The molecular formula is C33H36N4O2S. The molecule has 2 amide bonds. The van der Waals surface area contributed by atoms with Gasteiger partial charge < -0.3 is 0 Å². The summed E-state index contributed by atoms with van der Waals surface area (Å²) in [4.78, 5) is 31.7. The molecule has 7 rings (SSSR count). The third-order valence-corrected chi connectivity index (χ3v) is 9.89. The normalized spacial score (nSPS) is 27.2. The van der Waals surface area contributed by atoms with Crippen molar-refractivity contribution in [2.45, 2.75) is 68.3 Å². The van der Waals surface area contributed by atoms with E-state index < -0.39 is 0 Å². The molecule has 0 aliphatic carbocycles. The van der Waals surface area contributed by atoms with Crippen molar-refractivity contribution in [3.63, 3.8) is 0 Å². The Bertz CT molecular complexity index is 1350. The number of hydrogen-bond acceptors (Lipinski definition) is 6. The van der Waals surface area contributed by atoms with Crippen molar-refractivity contribution in [2.24, 2.45) is 0 Å². The molecule has 4 atom stereocenters. The van der Waals surface area contributed by atoms with Gasteiger partial charge in [0.15, 0.2) is 0 Å². The van der Waals surface area contributed by atoms with Crippen molar-refractivity contribution in [2.75, 3.05) is 13.1 Å². The molecular weight excluding hydrogens is 516 g/mol. The fraction of sp³-hybridized carbons (Fsp3) is 0.394. The number of piperidine rings is 1. The van der Waals surface area contributed by atoms with Crippen LogP contribution in [-0.2, 0) is 22.7 Å². The molecule has 4 heterocycles. The number of carbonyl (C=O) groups excluding carboxylic acids is 2. The molecule has 4 aliphatic heterocycles. The maximum Gasteiger partial charge on any atom is 0.243 e. The molecule has 4 unspecified atom stereocenters. The second-order valence-electron chi connectivity index (χ2n) is 11.8. The summed E-state index contributed by atoms with van der Waals surface area (Å²) >= 11 is 4.87. The quantitative estimate of drug-likeness (QED) is 0.344.